The first-order chi connectivity index (χ1) is 7.99. The third-order valence-electron chi connectivity index (χ3n) is 2.42. The fraction of sp³-hybridized carbons (Fsp3) is 0.273. The summed E-state index contributed by atoms with van der Waals surface area (Å²) in [6, 6.07) is 7.50. The fourth-order valence-corrected chi connectivity index (χ4v) is 1.65. The van der Waals surface area contributed by atoms with E-state index in [-0.39, 0.29) is 5.76 Å². The Hall–Kier alpha value is -1.53. The summed E-state index contributed by atoms with van der Waals surface area (Å²) in [5.41, 5.74) is 2.67. The maximum absolute atomic E-state index is 12.3. The van der Waals surface area contributed by atoms with E-state index in [1.54, 1.807) is 30.3 Å². The van der Waals surface area contributed by atoms with Gasteiger partial charge in [-0.3, -0.25) is 5.84 Å². The Balaban J connectivity index is 2.30. The molecule has 3 N–H and O–H groups in total. The largest absolute Gasteiger partial charge is 0.459 e. The summed E-state index contributed by atoms with van der Waals surface area (Å²) in [6.45, 7) is 0. The summed E-state index contributed by atoms with van der Waals surface area (Å²) in [5.74, 6) is 5.31. The molecule has 0 bridgehead atoms. The molecule has 0 aliphatic heterocycles. The topological polar surface area (TPSA) is 51.2 Å². The van der Waals surface area contributed by atoms with E-state index in [2.05, 4.69) is 5.43 Å². The minimum atomic E-state index is -4.30. The average molecular weight is 244 g/mol. The van der Waals surface area contributed by atoms with Crippen molar-refractivity contribution in [1.29, 1.82) is 0 Å². The minimum Gasteiger partial charge on any atom is -0.459 e. The quantitative estimate of drug-likeness (QED) is 0.644. The molecule has 2 aromatic rings. The third-order valence-corrected chi connectivity index (χ3v) is 2.42. The van der Waals surface area contributed by atoms with Crippen molar-refractivity contribution in [3.8, 4) is 0 Å². The van der Waals surface area contributed by atoms with Crippen molar-refractivity contribution in [3.63, 3.8) is 0 Å². The Bertz CT molecular complexity index is 474. The highest BCUT2D eigenvalue weighted by Crippen LogP contribution is 2.31. The van der Waals surface area contributed by atoms with E-state index in [4.69, 9.17) is 10.3 Å². The molecule has 0 amide bonds. The van der Waals surface area contributed by atoms with Gasteiger partial charge >= 0.3 is 6.18 Å². The molecule has 6 heteroatoms. The lowest BCUT2D eigenvalue weighted by atomic mass is 10.1. The summed E-state index contributed by atoms with van der Waals surface area (Å²) >= 11 is 0. The van der Waals surface area contributed by atoms with Crippen LogP contribution in [-0.2, 0) is 0 Å². The van der Waals surface area contributed by atoms with Crippen molar-refractivity contribution in [3.05, 3.63) is 36.1 Å². The number of alkyl halides is 3. The fourth-order valence-electron chi connectivity index (χ4n) is 1.65. The predicted molar refractivity (Wildman–Crippen MR) is 57.0 cm³/mol. The Morgan fingerprint density at radius 1 is 1.29 bits per heavy atom. The van der Waals surface area contributed by atoms with E-state index in [0.29, 0.717) is 5.58 Å². The lowest BCUT2D eigenvalue weighted by molar-refractivity contribution is -0.141. The Morgan fingerprint density at radius 3 is 2.59 bits per heavy atom. The first-order valence-corrected chi connectivity index (χ1v) is 5.01. The van der Waals surface area contributed by atoms with Crippen molar-refractivity contribution in [2.24, 2.45) is 5.84 Å². The summed E-state index contributed by atoms with van der Waals surface area (Å²) in [7, 11) is 0. The molecule has 0 fully saturated rings. The second kappa shape index (κ2) is 4.38. The number of hydrazine groups is 1. The second-order valence-electron chi connectivity index (χ2n) is 3.73. The van der Waals surface area contributed by atoms with Gasteiger partial charge in [0.25, 0.3) is 0 Å². The summed E-state index contributed by atoms with van der Waals surface area (Å²) < 4.78 is 42.2. The molecule has 0 radical (unpaired) electrons. The van der Waals surface area contributed by atoms with E-state index in [1.165, 1.54) is 0 Å². The van der Waals surface area contributed by atoms with Crippen molar-refractivity contribution >= 4 is 11.0 Å². The number of hydrogen-bond acceptors (Lipinski definition) is 3. The smallest absolute Gasteiger partial charge is 0.391 e. The molecular formula is C11H11F3N2O. The van der Waals surface area contributed by atoms with Crippen LogP contribution in [0.4, 0.5) is 13.2 Å². The molecule has 1 aromatic heterocycles. The minimum absolute atomic E-state index is 0.186. The summed E-state index contributed by atoms with van der Waals surface area (Å²) in [5, 5.41) is 0.755. The van der Waals surface area contributed by atoms with Crippen LogP contribution in [-0.4, -0.2) is 6.18 Å². The van der Waals surface area contributed by atoms with E-state index in [1.807, 2.05) is 0 Å². The number of fused-ring (bicyclic) bond motifs is 1. The van der Waals surface area contributed by atoms with Crippen LogP contribution >= 0.6 is 0 Å². The van der Waals surface area contributed by atoms with Gasteiger partial charge in [0.05, 0.1) is 12.5 Å². The molecule has 1 atom stereocenters. The zero-order valence-corrected chi connectivity index (χ0v) is 8.79. The van der Waals surface area contributed by atoms with Crippen molar-refractivity contribution in [2.45, 2.75) is 18.6 Å². The normalized spacial score (nSPS) is 14.1. The lowest BCUT2D eigenvalue weighted by Gasteiger charge is -2.15. The molecule has 1 aromatic carbocycles. The molecule has 0 spiro atoms. The van der Waals surface area contributed by atoms with Crippen LogP contribution in [0.1, 0.15) is 18.2 Å². The molecule has 2 rings (SSSR count). The van der Waals surface area contributed by atoms with Crippen LogP contribution < -0.4 is 11.3 Å². The number of hydrogen-bond donors (Lipinski definition) is 2. The monoisotopic (exact) mass is 244 g/mol. The SMILES string of the molecule is NNC(CC(F)(F)F)c1cc2ccccc2o1. The number of para-hydroxylation sites is 1. The number of nitrogens with one attached hydrogen (secondary N) is 1. The molecule has 1 unspecified atom stereocenters. The van der Waals surface area contributed by atoms with Crippen molar-refractivity contribution < 1.29 is 17.6 Å². The highest BCUT2D eigenvalue weighted by atomic mass is 19.4. The van der Waals surface area contributed by atoms with Gasteiger partial charge in [0.15, 0.2) is 0 Å². The van der Waals surface area contributed by atoms with Gasteiger partial charge < -0.3 is 4.42 Å². The van der Waals surface area contributed by atoms with Gasteiger partial charge in [-0.1, -0.05) is 18.2 Å². The summed E-state index contributed by atoms with van der Waals surface area (Å²) in [4.78, 5) is 0. The maximum atomic E-state index is 12.3. The number of rotatable bonds is 3. The van der Waals surface area contributed by atoms with Gasteiger partial charge in [0, 0.05) is 5.39 Å². The second-order valence-corrected chi connectivity index (χ2v) is 3.73. The molecule has 0 aliphatic carbocycles. The average Bonchev–Trinajstić information content (AvgIpc) is 2.67. The van der Waals surface area contributed by atoms with E-state index in [0.717, 1.165) is 5.39 Å². The van der Waals surface area contributed by atoms with Crippen LogP contribution in [0, 0.1) is 0 Å². The summed E-state index contributed by atoms with van der Waals surface area (Å²) in [6.07, 6.45) is -5.36. The van der Waals surface area contributed by atoms with Crippen LogP contribution in [0.25, 0.3) is 11.0 Å². The van der Waals surface area contributed by atoms with E-state index >= 15 is 0 Å². The predicted octanol–water partition coefficient (Wildman–Crippen LogP) is 2.89. The van der Waals surface area contributed by atoms with Gasteiger partial charge in [-0.25, -0.2) is 5.43 Å². The first-order valence-electron chi connectivity index (χ1n) is 5.01. The Labute approximate surface area is 95.4 Å². The van der Waals surface area contributed by atoms with E-state index < -0.39 is 18.6 Å². The number of benzene rings is 1. The molecular weight excluding hydrogens is 233 g/mol. The van der Waals surface area contributed by atoms with Crippen LogP contribution in [0.3, 0.4) is 0 Å². The maximum Gasteiger partial charge on any atom is 0.391 e. The number of furan rings is 1. The number of halogens is 3. The van der Waals surface area contributed by atoms with E-state index in [9.17, 15) is 13.2 Å². The Kier molecular flexibility index (Phi) is 3.08. The molecule has 0 saturated carbocycles. The lowest BCUT2D eigenvalue weighted by Crippen LogP contribution is -2.31. The van der Waals surface area contributed by atoms with Crippen LogP contribution in [0.15, 0.2) is 34.7 Å². The molecule has 3 nitrogen and oxygen atoms in total. The molecule has 0 saturated heterocycles. The number of nitrogens with two attached hydrogens (primary N) is 1. The first kappa shape index (κ1) is 11.9. The standard InChI is InChI=1S/C11H11F3N2O/c12-11(13,14)6-8(16-15)10-5-7-3-1-2-4-9(7)17-10/h1-5,8,16H,6,15H2. The molecule has 1 heterocycles. The van der Waals surface area contributed by atoms with Gasteiger partial charge in [-0.2, -0.15) is 13.2 Å². The molecule has 17 heavy (non-hydrogen) atoms. The van der Waals surface area contributed by atoms with Gasteiger partial charge in [-0.15, -0.1) is 0 Å². The van der Waals surface area contributed by atoms with Crippen LogP contribution in [0.5, 0.6) is 0 Å². The van der Waals surface area contributed by atoms with Crippen molar-refractivity contribution in [1.82, 2.24) is 5.43 Å². The molecule has 0 aliphatic rings. The highest BCUT2D eigenvalue weighted by Gasteiger charge is 2.33. The zero-order valence-electron chi connectivity index (χ0n) is 8.79. The Morgan fingerprint density at radius 2 is 2.00 bits per heavy atom. The highest BCUT2D eigenvalue weighted by molar-refractivity contribution is 5.77. The van der Waals surface area contributed by atoms with Crippen molar-refractivity contribution in [2.75, 3.05) is 0 Å². The van der Waals surface area contributed by atoms with Gasteiger partial charge in [0.1, 0.15) is 11.3 Å². The molecule has 92 valence electrons. The third kappa shape index (κ3) is 2.78. The van der Waals surface area contributed by atoms with Crippen LogP contribution in [0.2, 0.25) is 0 Å². The zero-order chi connectivity index (χ0) is 12.5. The van der Waals surface area contributed by atoms with Gasteiger partial charge in [-0.05, 0) is 12.1 Å². The van der Waals surface area contributed by atoms with Gasteiger partial charge in [0.2, 0.25) is 0 Å².